The molecule has 0 saturated heterocycles. The summed E-state index contributed by atoms with van der Waals surface area (Å²) in [5.74, 6) is 1.65. The van der Waals surface area contributed by atoms with Gasteiger partial charge in [-0.1, -0.05) is 22.0 Å². The van der Waals surface area contributed by atoms with Crippen LogP contribution < -0.4 is 4.74 Å². The molecule has 1 N–H and O–H groups in total. The normalized spacial score (nSPS) is 15.6. The van der Waals surface area contributed by atoms with Crippen LogP contribution in [0.4, 0.5) is 0 Å². The van der Waals surface area contributed by atoms with Crippen molar-refractivity contribution in [1.82, 2.24) is 0 Å². The fourth-order valence-electron chi connectivity index (χ4n) is 1.24. The molecular weight excluding hydrogens is 244 g/mol. The molecule has 0 unspecified atom stereocenters. The lowest BCUT2D eigenvalue weighted by Crippen LogP contribution is -1.99. The van der Waals surface area contributed by atoms with Crippen molar-refractivity contribution >= 4 is 15.9 Å². The van der Waals surface area contributed by atoms with Crippen LogP contribution in [0.3, 0.4) is 0 Å². The van der Waals surface area contributed by atoms with Gasteiger partial charge in [0.2, 0.25) is 0 Å². The standard InChI is InChI=1S/C11H13BrO2/c12-11-5-10(4-3-9(11)6-13)14-7-8-1-2-8/h3-5,8,13H,1-2,6-7H2. The molecule has 0 bridgehead atoms. The molecule has 2 rings (SSSR count). The summed E-state index contributed by atoms with van der Waals surface area (Å²) in [6.45, 7) is 0.883. The highest BCUT2D eigenvalue weighted by atomic mass is 79.9. The second kappa shape index (κ2) is 4.32. The fourth-order valence-corrected chi connectivity index (χ4v) is 1.73. The minimum absolute atomic E-state index is 0.0590. The average molecular weight is 257 g/mol. The van der Waals surface area contributed by atoms with Crippen molar-refractivity contribution in [2.24, 2.45) is 5.92 Å². The van der Waals surface area contributed by atoms with E-state index in [1.807, 2.05) is 18.2 Å². The van der Waals surface area contributed by atoms with Crippen LogP contribution in [0.5, 0.6) is 5.75 Å². The van der Waals surface area contributed by atoms with Gasteiger partial charge in [0.15, 0.2) is 0 Å². The van der Waals surface area contributed by atoms with Gasteiger partial charge in [-0.25, -0.2) is 0 Å². The summed E-state index contributed by atoms with van der Waals surface area (Å²) in [7, 11) is 0. The lowest BCUT2D eigenvalue weighted by Gasteiger charge is -2.07. The summed E-state index contributed by atoms with van der Waals surface area (Å²) in [4.78, 5) is 0. The molecule has 3 heteroatoms. The van der Waals surface area contributed by atoms with Crippen LogP contribution in [0.2, 0.25) is 0 Å². The Bertz CT molecular complexity index is 321. The fraction of sp³-hybridized carbons (Fsp3) is 0.455. The highest BCUT2D eigenvalue weighted by molar-refractivity contribution is 9.10. The monoisotopic (exact) mass is 256 g/mol. The summed E-state index contributed by atoms with van der Waals surface area (Å²) < 4.78 is 6.51. The molecular formula is C11H13BrO2. The maximum atomic E-state index is 8.97. The zero-order valence-electron chi connectivity index (χ0n) is 7.87. The first-order valence-corrected chi connectivity index (χ1v) is 5.61. The Morgan fingerprint density at radius 2 is 2.21 bits per heavy atom. The van der Waals surface area contributed by atoms with Gasteiger partial charge >= 0.3 is 0 Å². The lowest BCUT2D eigenvalue weighted by molar-refractivity contribution is 0.279. The third kappa shape index (κ3) is 2.49. The molecule has 0 aromatic heterocycles. The number of hydrogen-bond donors (Lipinski definition) is 1. The van der Waals surface area contributed by atoms with Gasteiger partial charge in [-0.15, -0.1) is 0 Å². The van der Waals surface area contributed by atoms with Gasteiger partial charge < -0.3 is 9.84 Å². The first kappa shape index (κ1) is 9.99. The van der Waals surface area contributed by atoms with Crippen molar-refractivity contribution in [2.75, 3.05) is 6.61 Å². The zero-order chi connectivity index (χ0) is 9.97. The number of ether oxygens (including phenoxy) is 1. The van der Waals surface area contributed by atoms with E-state index < -0.39 is 0 Å². The molecule has 0 amide bonds. The molecule has 1 fully saturated rings. The van der Waals surface area contributed by atoms with Crippen LogP contribution in [0.25, 0.3) is 0 Å². The Hall–Kier alpha value is -0.540. The molecule has 0 heterocycles. The average Bonchev–Trinajstić information content (AvgIpc) is 2.98. The number of rotatable bonds is 4. The van der Waals surface area contributed by atoms with Crippen molar-refractivity contribution < 1.29 is 9.84 Å². The molecule has 0 aliphatic heterocycles. The lowest BCUT2D eigenvalue weighted by atomic mass is 10.2. The molecule has 1 aromatic rings. The second-order valence-electron chi connectivity index (χ2n) is 3.67. The maximum absolute atomic E-state index is 8.97. The van der Waals surface area contributed by atoms with Crippen molar-refractivity contribution in [3.8, 4) is 5.75 Å². The van der Waals surface area contributed by atoms with E-state index in [1.165, 1.54) is 12.8 Å². The first-order valence-electron chi connectivity index (χ1n) is 4.81. The molecule has 1 saturated carbocycles. The maximum Gasteiger partial charge on any atom is 0.120 e. The van der Waals surface area contributed by atoms with Crippen LogP contribution in [-0.2, 0) is 6.61 Å². The minimum atomic E-state index is 0.0590. The minimum Gasteiger partial charge on any atom is -0.493 e. The van der Waals surface area contributed by atoms with Gasteiger partial charge in [-0.3, -0.25) is 0 Å². The van der Waals surface area contributed by atoms with Crippen LogP contribution in [0, 0.1) is 5.92 Å². The third-order valence-corrected chi connectivity index (χ3v) is 3.12. The molecule has 0 radical (unpaired) electrons. The summed E-state index contributed by atoms with van der Waals surface area (Å²) >= 11 is 3.39. The summed E-state index contributed by atoms with van der Waals surface area (Å²) in [6, 6.07) is 5.69. The van der Waals surface area contributed by atoms with Gasteiger partial charge in [0.05, 0.1) is 13.2 Å². The number of benzene rings is 1. The highest BCUT2D eigenvalue weighted by Gasteiger charge is 2.21. The SMILES string of the molecule is OCc1ccc(OCC2CC2)cc1Br. The van der Waals surface area contributed by atoms with Crippen LogP contribution in [-0.4, -0.2) is 11.7 Å². The molecule has 76 valence electrons. The Balaban J connectivity index is 1.99. The predicted octanol–water partition coefficient (Wildman–Crippen LogP) is 2.73. The van der Waals surface area contributed by atoms with Crippen molar-refractivity contribution in [1.29, 1.82) is 0 Å². The zero-order valence-corrected chi connectivity index (χ0v) is 9.46. The summed E-state index contributed by atoms with van der Waals surface area (Å²) in [5.41, 5.74) is 0.892. The van der Waals surface area contributed by atoms with Crippen molar-refractivity contribution in [3.63, 3.8) is 0 Å². The molecule has 0 spiro atoms. The van der Waals surface area contributed by atoms with Gasteiger partial charge in [0.1, 0.15) is 5.75 Å². The van der Waals surface area contributed by atoms with Crippen molar-refractivity contribution in [2.45, 2.75) is 19.4 Å². The van der Waals surface area contributed by atoms with E-state index in [9.17, 15) is 0 Å². The van der Waals surface area contributed by atoms with E-state index in [-0.39, 0.29) is 6.61 Å². The van der Waals surface area contributed by atoms with E-state index in [1.54, 1.807) is 0 Å². The van der Waals surface area contributed by atoms with Crippen LogP contribution in [0.1, 0.15) is 18.4 Å². The van der Waals surface area contributed by atoms with Crippen LogP contribution in [0.15, 0.2) is 22.7 Å². The highest BCUT2D eigenvalue weighted by Crippen LogP contribution is 2.30. The summed E-state index contributed by atoms with van der Waals surface area (Å²) in [5, 5.41) is 8.97. The Kier molecular flexibility index (Phi) is 3.08. The Morgan fingerprint density at radius 3 is 2.79 bits per heavy atom. The number of aliphatic hydroxyl groups is 1. The third-order valence-electron chi connectivity index (χ3n) is 2.38. The predicted molar refractivity (Wildman–Crippen MR) is 58.3 cm³/mol. The first-order chi connectivity index (χ1) is 6.79. The van der Waals surface area contributed by atoms with Gasteiger partial charge in [-0.2, -0.15) is 0 Å². The molecule has 14 heavy (non-hydrogen) atoms. The largest absolute Gasteiger partial charge is 0.493 e. The molecule has 2 nitrogen and oxygen atoms in total. The van der Waals surface area contributed by atoms with E-state index in [2.05, 4.69) is 15.9 Å². The quantitative estimate of drug-likeness (QED) is 0.898. The smallest absolute Gasteiger partial charge is 0.120 e. The van der Waals surface area contributed by atoms with Gasteiger partial charge in [0, 0.05) is 4.47 Å². The van der Waals surface area contributed by atoms with Crippen LogP contribution >= 0.6 is 15.9 Å². The molecule has 1 aliphatic rings. The van der Waals surface area contributed by atoms with E-state index in [4.69, 9.17) is 9.84 Å². The topological polar surface area (TPSA) is 29.5 Å². The second-order valence-corrected chi connectivity index (χ2v) is 4.52. The van der Waals surface area contributed by atoms with Gasteiger partial charge in [-0.05, 0) is 36.5 Å². The van der Waals surface area contributed by atoms with Crippen molar-refractivity contribution in [3.05, 3.63) is 28.2 Å². The number of hydrogen-bond acceptors (Lipinski definition) is 2. The van der Waals surface area contributed by atoms with E-state index >= 15 is 0 Å². The Labute approximate surface area is 92.0 Å². The molecule has 1 aliphatic carbocycles. The van der Waals surface area contributed by atoms with E-state index in [0.717, 1.165) is 28.3 Å². The molecule has 0 atom stereocenters. The number of halogens is 1. The number of aliphatic hydroxyl groups excluding tert-OH is 1. The molecule has 1 aromatic carbocycles. The Morgan fingerprint density at radius 1 is 1.43 bits per heavy atom. The van der Waals surface area contributed by atoms with E-state index in [0.29, 0.717) is 0 Å². The van der Waals surface area contributed by atoms with Gasteiger partial charge in [0.25, 0.3) is 0 Å². The summed E-state index contributed by atoms with van der Waals surface area (Å²) in [6.07, 6.45) is 2.60.